The van der Waals surface area contributed by atoms with Gasteiger partial charge in [-0.15, -0.1) is 0 Å². The van der Waals surface area contributed by atoms with Crippen LogP contribution < -0.4 is 4.74 Å². The number of benzene rings is 2. The summed E-state index contributed by atoms with van der Waals surface area (Å²) in [4.78, 5) is 7.76. The Labute approximate surface area is 116 Å². The fraction of sp³-hybridized carbons (Fsp3) is 0.125. The molecule has 0 aliphatic heterocycles. The average Bonchev–Trinajstić information content (AvgIpc) is 2.91. The largest absolute Gasteiger partial charge is 0.496 e. The van der Waals surface area contributed by atoms with E-state index in [-0.39, 0.29) is 0 Å². The second kappa shape index (κ2) is 4.71. The highest BCUT2D eigenvalue weighted by Crippen LogP contribution is 2.27. The highest BCUT2D eigenvalue weighted by molar-refractivity contribution is 5.84. The number of imidazole rings is 1. The fourth-order valence-corrected chi connectivity index (χ4v) is 2.23. The van der Waals surface area contributed by atoms with Gasteiger partial charge in [0.15, 0.2) is 0 Å². The van der Waals surface area contributed by atoms with Crippen molar-refractivity contribution in [2.24, 2.45) is 0 Å². The minimum Gasteiger partial charge on any atom is -0.496 e. The number of hydrogen-bond acceptors (Lipinski definition) is 3. The van der Waals surface area contributed by atoms with E-state index >= 15 is 0 Å². The van der Waals surface area contributed by atoms with Crippen LogP contribution in [0.25, 0.3) is 22.4 Å². The van der Waals surface area contributed by atoms with Crippen molar-refractivity contribution in [1.29, 1.82) is 5.26 Å². The summed E-state index contributed by atoms with van der Waals surface area (Å²) in [5.41, 5.74) is 4.14. The van der Waals surface area contributed by atoms with Gasteiger partial charge < -0.3 is 9.72 Å². The number of nitriles is 1. The van der Waals surface area contributed by atoms with E-state index in [4.69, 9.17) is 10.00 Å². The van der Waals surface area contributed by atoms with Gasteiger partial charge in [-0.05, 0) is 30.7 Å². The van der Waals surface area contributed by atoms with Crippen LogP contribution in [0.15, 0.2) is 36.4 Å². The Bertz CT molecular complexity index is 827. The Kier molecular flexibility index (Phi) is 2.88. The number of fused-ring (bicyclic) bond motifs is 1. The molecular formula is C16H13N3O. The first-order valence-corrected chi connectivity index (χ1v) is 6.27. The molecule has 0 aliphatic carbocycles. The van der Waals surface area contributed by atoms with Crippen LogP contribution >= 0.6 is 0 Å². The number of methoxy groups -OCH3 is 1. The molecule has 3 rings (SSSR count). The minimum atomic E-state index is 0.573. The molecule has 1 aromatic heterocycles. The Morgan fingerprint density at radius 1 is 1.25 bits per heavy atom. The number of nitrogens with one attached hydrogen (secondary N) is 1. The maximum Gasteiger partial charge on any atom is 0.138 e. The van der Waals surface area contributed by atoms with E-state index in [0.717, 1.165) is 28.2 Å². The van der Waals surface area contributed by atoms with Gasteiger partial charge in [0, 0.05) is 5.56 Å². The van der Waals surface area contributed by atoms with Crippen molar-refractivity contribution in [2.75, 3.05) is 7.11 Å². The quantitative estimate of drug-likeness (QED) is 0.770. The normalized spacial score (nSPS) is 10.4. The average molecular weight is 263 g/mol. The van der Waals surface area contributed by atoms with Crippen LogP contribution in [0.4, 0.5) is 0 Å². The molecule has 0 saturated carbocycles. The Morgan fingerprint density at radius 2 is 2.10 bits per heavy atom. The van der Waals surface area contributed by atoms with Gasteiger partial charge in [0.25, 0.3) is 0 Å². The minimum absolute atomic E-state index is 0.573. The topological polar surface area (TPSA) is 61.7 Å². The zero-order valence-electron chi connectivity index (χ0n) is 11.3. The molecule has 0 amide bonds. The maximum absolute atomic E-state index is 9.11. The number of aromatic nitrogens is 2. The molecule has 0 bridgehead atoms. The van der Waals surface area contributed by atoms with Crippen LogP contribution in [0.5, 0.6) is 5.75 Å². The van der Waals surface area contributed by atoms with Gasteiger partial charge in [-0.25, -0.2) is 4.98 Å². The highest BCUT2D eigenvalue weighted by Gasteiger charge is 2.10. The second-order valence-electron chi connectivity index (χ2n) is 4.58. The number of para-hydroxylation sites is 1. The summed E-state index contributed by atoms with van der Waals surface area (Å²) in [5.74, 6) is 1.56. The molecule has 4 nitrogen and oxygen atoms in total. The standard InChI is InChI=1S/C16H13N3O/c1-10-6-7-11(8-14(10)20-2)16-18-13-5-3-4-12(9-17)15(13)19-16/h3-8H,1-2H3,(H,18,19). The van der Waals surface area contributed by atoms with Crippen molar-refractivity contribution < 1.29 is 4.74 Å². The van der Waals surface area contributed by atoms with Crippen LogP contribution in [-0.4, -0.2) is 17.1 Å². The van der Waals surface area contributed by atoms with Gasteiger partial charge in [-0.3, -0.25) is 0 Å². The smallest absolute Gasteiger partial charge is 0.138 e. The third-order valence-electron chi connectivity index (χ3n) is 3.31. The van der Waals surface area contributed by atoms with Crippen LogP contribution in [-0.2, 0) is 0 Å². The summed E-state index contributed by atoms with van der Waals surface area (Å²) in [6, 6.07) is 13.6. The first-order chi connectivity index (χ1) is 9.72. The number of hydrogen-bond donors (Lipinski definition) is 1. The zero-order valence-corrected chi connectivity index (χ0v) is 11.3. The van der Waals surface area contributed by atoms with Gasteiger partial charge >= 0.3 is 0 Å². The molecule has 4 heteroatoms. The van der Waals surface area contributed by atoms with Crippen LogP contribution in [0.1, 0.15) is 11.1 Å². The van der Waals surface area contributed by atoms with Gasteiger partial charge in [0.05, 0.1) is 18.2 Å². The molecule has 98 valence electrons. The van der Waals surface area contributed by atoms with E-state index in [0.29, 0.717) is 11.1 Å². The second-order valence-corrected chi connectivity index (χ2v) is 4.58. The molecule has 20 heavy (non-hydrogen) atoms. The lowest BCUT2D eigenvalue weighted by molar-refractivity contribution is 0.412. The van der Waals surface area contributed by atoms with Gasteiger partial charge in [0.1, 0.15) is 23.2 Å². The van der Waals surface area contributed by atoms with Crippen LogP contribution in [0.2, 0.25) is 0 Å². The van der Waals surface area contributed by atoms with E-state index in [9.17, 15) is 0 Å². The lowest BCUT2D eigenvalue weighted by Gasteiger charge is -2.05. The predicted octanol–water partition coefficient (Wildman–Crippen LogP) is 3.42. The Hall–Kier alpha value is -2.80. The molecule has 0 unspecified atom stereocenters. The van der Waals surface area contributed by atoms with E-state index < -0.39 is 0 Å². The van der Waals surface area contributed by atoms with Crippen molar-refractivity contribution in [3.8, 4) is 23.2 Å². The lowest BCUT2D eigenvalue weighted by atomic mass is 10.1. The van der Waals surface area contributed by atoms with Crippen molar-refractivity contribution in [3.05, 3.63) is 47.5 Å². The van der Waals surface area contributed by atoms with Crippen molar-refractivity contribution in [3.63, 3.8) is 0 Å². The van der Waals surface area contributed by atoms with Crippen LogP contribution in [0, 0.1) is 18.3 Å². The van der Waals surface area contributed by atoms with Crippen molar-refractivity contribution in [1.82, 2.24) is 9.97 Å². The molecule has 0 aliphatic rings. The first-order valence-electron chi connectivity index (χ1n) is 6.27. The molecule has 2 aromatic carbocycles. The molecular weight excluding hydrogens is 250 g/mol. The van der Waals surface area contributed by atoms with Gasteiger partial charge in [-0.1, -0.05) is 18.2 Å². The molecule has 0 atom stereocenters. The van der Waals surface area contributed by atoms with Crippen molar-refractivity contribution in [2.45, 2.75) is 6.92 Å². The number of aromatic amines is 1. The molecule has 0 radical (unpaired) electrons. The van der Waals surface area contributed by atoms with E-state index in [1.165, 1.54) is 0 Å². The van der Waals surface area contributed by atoms with Gasteiger partial charge in [0.2, 0.25) is 0 Å². The summed E-state index contributed by atoms with van der Waals surface area (Å²) in [6.45, 7) is 2.00. The van der Waals surface area contributed by atoms with E-state index in [1.807, 2.05) is 37.3 Å². The first kappa shape index (κ1) is 12.2. The summed E-state index contributed by atoms with van der Waals surface area (Å²) < 4.78 is 5.33. The summed E-state index contributed by atoms with van der Waals surface area (Å²) in [5, 5.41) is 9.11. The van der Waals surface area contributed by atoms with Crippen molar-refractivity contribution >= 4 is 11.0 Å². The van der Waals surface area contributed by atoms with E-state index in [2.05, 4.69) is 16.0 Å². The number of nitrogens with zero attached hydrogens (tertiary/aromatic N) is 2. The molecule has 1 heterocycles. The zero-order chi connectivity index (χ0) is 14.1. The summed E-state index contributed by atoms with van der Waals surface area (Å²) in [6.07, 6.45) is 0. The summed E-state index contributed by atoms with van der Waals surface area (Å²) in [7, 11) is 1.65. The Balaban J connectivity index is 2.18. The number of aryl methyl sites for hydroxylation is 1. The molecule has 3 aromatic rings. The Morgan fingerprint density at radius 3 is 2.85 bits per heavy atom. The highest BCUT2D eigenvalue weighted by atomic mass is 16.5. The molecule has 1 N–H and O–H groups in total. The fourth-order valence-electron chi connectivity index (χ4n) is 2.23. The van der Waals surface area contributed by atoms with Gasteiger partial charge in [-0.2, -0.15) is 5.26 Å². The van der Waals surface area contributed by atoms with E-state index in [1.54, 1.807) is 13.2 Å². The SMILES string of the molecule is COc1cc(-c2nc3c(C#N)cccc3[nH]2)ccc1C. The molecule has 0 fully saturated rings. The third-order valence-corrected chi connectivity index (χ3v) is 3.31. The maximum atomic E-state index is 9.11. The number of ether oxygens (including phenoxy) is 1. The predicted molar refractivity (Wildman–Crippen MR) is 77.5 cm³/mol. The lowest BCUT2D eigenvalue weighted by Crippen LogP contribution is -1.88. The number of rotatable bonds is 2. The molecule has 0 saturated heterocycles. The van der Waals surface area contributed by atoms with Crippen LogP contribution in [0.3, 0.4) is 0 Å². The molecule has 0 spiro atoms. The summed E-state index contributed by atoms with van der Waals surface area (Å²) >= 11 is 0. The monoisotopic (exact) mass is 263 g/mol. The third kappa shape index (κ3) is 1.90. The number of H-pyrrole nitrogens is 1.